The monoisotopic (exact) mass is 342 g/mol. The molecule has 0 aliphatic carbocycles. The first-order chi connectivity index (χ1) is 12.0. The number of methoxy groups -OCH3 is 1. The first kappa shape index (κ1) is 16.9. The summed E-state index contributed by atoms with van der Waals surface area (Å²) >= 11 is 0. The summed E-state index contributed by atoms with van der Waals surface area (Å²) in [4.78, 5) is 28.9. The quantitative estimate of drug-likeness (QED) is 0.839. The summed E-state index contributed by atoms with van der Waals surface area (Å²) in [6.07, 6.45) is 0.565. The molecule has 1 unspecified atom stereocenters. The van der Waals surface area contributed by atoms with Crippen LogP contribution in [0.3, 0.4) is 0 Å². The van der Waals surface area contributed by atoms with E-state index in [1.165, 1.54) is 18.9 Å². The van der Waals surface area contributed by atoms with Crippen LogP contribution >= 0.6 is 0 Å². The molecule has 2 heterocycles. The van der Waals surface area contributed by atoms with E-state index in [4.69, 9.17) is 14.6 Å². The van der Waals surface area contributed by atoms with Gasteiger partial charge >= 0.3 is 6.09 Å². The summed E-state index contributed by atoms with van der Waals surface area (Å²) in [7, 11) is 1.52. The lowest BCUT2D eigenvalue weighted by molar-refractivity contribution is 0.0962. The minimum Gasteiger partial charge on any atom is -0.495 e. The van der Waals surface area contributed by atoms with Crippen molar-refractivity contribution in [3.05, 3.63) is 42.2 Å². The number of anilines is 1. The van der Waals surface area contributed by atoms with Gasteiger partial charge in [0.2, 0.25) is 0 Å². The maximum Gasteiger partial charge on any atom is 0.414 e. The van der Waals surface area contributed by atoms with Crippen molar-refractivity contribution < 1.29 is 24.2 Å². The van der Waals surface area contributed by atoms with Gasteiger partial charge in [0.1, 0.15) is 17.5 Å². The van der Waals surface area contributed by atoms with Crippen LogP contribution in [0.25, 0.3) is 11.1 Å². The van der Waals surface area contributed by atoms with Crippen LogP contribution in [0.1, 0.15) is 17.4 Å². The fourth-order valence-corrected chi connectivity index (χ4v) is 2.67. The lowest BCUT2D eigenvalue weighted by Gasteiger charge is -2.17. The number of aliphatic hydroxyl groups is 1. The molecule has 1 saturated heterocycles. The second-order valence-electron chi connectivity index (χ2n) is 5.67. The number of carbonyl (C=O) groups is 2. The van der Waals surface area contributed by atoms with Crippen LogP contribution in [0.15, 0.2) is 36.5 Å². The highest BCUT2D eigenvalue weighted by Crippen LogP contribution is 2.35. The zero-order valence-electron chi connectivity index (χ0n) is 13.9. The Morgan fingerprint density at radius 2 is 2.12 bits per heavy atom. The van der Waals surface area contributed by atoms with Crippen molar-refractivity contribution in [1.29, 1.82) is 0 Å². The maximum atomic E-state index is 12.0. The van der Waals surface area contributed by atoms with Crippen molar-refractivity contribution in [3.8, 4) is 16.9 Å². The molecule has 7 nitrogen and oxygen atoms in total. The van der Waals surface area contributed by atoms with Crippen LogP contribution in [-0.2, 0) is 4.74 Å². The summed E-state index contributed by atoms with van der Waals surface area (Å²) in [5, 5.41) is 9.16. The van der Waals surface area contributed by atoms with Gasteiger partial charge in [0, 0.05) is 18.7 Å². The predicted molar refractivity (Wildman–Crippen MR) is 90.9 cm³/mol. The summed E-state index contributed by atoms with van der Waals surface area (Å²) < 4.78 is 10.5. The molecule has 0 radical (unpaired) electrons. The van der Waals surface area contributed by atoms with Crippen molar-refractivity contribution >= 4 is 17.6 Å². The highest BCUT2D eigenvalue weighted by molar-refractivity contribution is 5.93. The summed E-state index contributed by atoms with van der Waals surface area (Å²) in [6.45, 7) is 1.51. The third kappa shape index (κ3) is 3.32. The smallest absolute Gasteiger partial charge is 0.414 e. The van der Waals surface area contributed by atoms with E-state index in [0.29, 0.717) is 17.1 Å². The molecule has 2 aromatic rings. The fourth-order valence-electron chi connectivity index (χ4n) is 2.67. The topological polar surface area (TPSA) is 89.0 Å². The van der Waals surface area contributed by atoms with Gasteiger partial charge in [0.25, 0.3) is 0 Å². The van der Waals surface area contributed by atoms with Gasteiger partial charge in [0.05, 0.1) is 25.9 Å². The van der Waals surface area contributed by atoms with Crippen molar-refractivity contribution in [2.24, 2.45) is 0 Å². The van der Waals surface area contributed by atoms with E-state index in [0.717, 1.165) is 11.1 Å². The van der Waals surface area contributed by atoms with Crippen molar-refractivity contribution in [3.63, 3.8) is 0 Å². The van der Waals surface area contributed by atoms with Crippen LogP contribution in [0.2, 0.25) is 0 Å². The largest absolute Gasteiger partial charge is 0.495 e. The predicted octanol–water partition coefficient (Wildman–Crippen LogP) is 2.28. The number of hydrogen-bond acceptors (Lipinski definition) is 6. The Morgan fingerprint density at radius 1 is 1.36 bits per heavy atom. The zero-order valence-corrected chi connectivity index (χ0v) is 13.9. The van der Waals surface area contributed by atoms with Gasteiger partial charge in [-0.25, -0.2) is 4.79 Å². The molecule has 1 aromatic heterocycles. The number of ether oxygens (including phenoxy) is 2. The molecule has 7 heteroatoms. The number of carbonyl (C=O) groups excluding carboxylic acids is 2. The molecule has 1 aliphatic rings. The normalized spacial score (nSPS) is 16.7. The van der Waals surface area contributed by atoms with Gasteiger partial charge in [-0.2, -0.15) is 0 Å². The number of Topliss-reactive ketones (excluding diaryl/α,β-unsaturated/α-hetero) is 1. The minimum absolute atomic E-state index is 0.0922. The molecule has 3 rings (SSSR count). The highest BCUT2D eigenvalue weighted by Gasteiger charge is 2.33. The standard InChI is InChI=1S/C18H18N2O5/c1-11(22)15-5-3-13(8-19-15)12-4-6-16(17(7-12)24-2)20-9-14(10-21)25-18(20)23/h3-8,14,21H,9-10H2,1-2H3. The molecule has 1 aromatic carbocycles. The number of rotatable bonds is 5. The van der Waals surface area contributed by atoms with Gasteiger partial charge in [-0.15, -0.1) is 0 Å². The lowest BCUT2D eigenvalue weighted by Crippen LogP contribution is -2.25. The van der Waals surface area contributed by atoms with Crippen molar-refractivity contribution in [1.82, 2.24) is 4.98 Å². The molecular weight excluding hydrogens is 324 g/mol. The van der Waals surface area contributed by atoms with E-state index >= 15 is 0 Å². The molecule has 1 N–H and O–H groups in total. The maximum absolute atomic E-state index is 12.0. The number of nitrogens with zero attached hydrogens (tertiary/aromatic N) is 2. The summed E-state index contributed by atoms with van der Waals surface area (Å²) in [5.41, 5.74) is 2.64. The lowest BCUT2D eigenvalue weighted by atomic mass is 10.1. The number of pyridine rings is 1. The Hall–Kier alpha value is -2.93. The third-order valence-corrected chi connectivity index (χ3v) is 4.01. The van der Waals surface area contributed by atoms with Gasteiger partial charge in [-0.3, -0.25) is 14.7 Å². The first-order valence-corrected chi connectivity index (χ1v) is 7.78. The number of aliphatic hydroxyl groups excluding tert-OH is 1. The van der Waals surface area contributed by atoms with Crippen LogP contribution in [0.5, 0.6) is 5.75 Å². The molecule has 25 heavy (non-hydrogen) atoms. The molecule has 1 amide bonds. The van der Waals surface area contributed by atoms with E-state index in [1.807, 2.05) is 12.1 Å². The number of benzene rings is 1. The number of hydrogen-bond donors (Lipinski definition) is 1. The third-order valence-electron chi connectivity index (χ3n) is 4.01. The molecular formula is C18H18N2O5. The Bertz CT molecular complexity index is 804. The van der Waals surface area contributed by atoms with Gasteiger partial charge in [-0.1, -0.05) is 12.1 Å². The second-order valence-corrected chi connectivity index (χ2v) is 5.67. The van der Waals surface area contributed by atoms with E-state index in [-0.39, 0.29) is 18.9 Å². The number of aromatic nitrogens is 1. The Labute approximate surface area is 144 Å². The zero-order chi connectivity index (χ0) is 18.0. The van der Waals surface area contributed by atoms with Crippen molar-refractivity contribution in [2.45, 2.75) is 13.0 Å². The van der Waals surface area contributed by atoms with Crippen molar-refractivity contribution in [2.75, 3.05) is 25.2 Å². The Balaban J connectivity index is 1.92. The van der Waals surface area contributed by atoms with Crippen LogP contribution in [-0.4, -0.2) is 48.3 Å². The van der Waals surface area contributed by atoms with Gasteiger partial charge < -0.3 is 14.6 Å². The van der Waals surface area contributed by atoms with Crippen LogP contribution in [0.4, 0.5) is 10.5 Å². The summed E-state index contributed by atoms with van der Waals surface area (Å²) in [6, 6.07) is 8.86. The molecule has 0 bridgehead atoms. The number of cyclic esters (lactones) is 1. The second kappa shape index (κ2) is 6.90. The number of amides is 1. The molecule has 0 spiro atoms. The Kier molecular flexibility index (Phi) is 4.67. The van der Waals surface area contributed by atoms with Gasteiger partial charge in [-0.05, 0) is 23.8 Å². The highest BCUT2D eigenvalue weighted by atomic mass is 16.6. The van der Waals surface area contributed by atoms with Crippen LogP contribution in [0, 0.1) is 0 Å². The van der Waals surface area contributed by atoms with E-state index in [9.17, 15) is 9.59 Å². The van der Waals surface area contributed by atoms with Gasteiger partial charge in [0.15, 0.2) is 5.78 Å². The van der Waals surface area contributed by atoms with E-state index in [2.05, 4.69) is 4.98 Å². The molecule has 1 aliphatic heterocycles. The summed E-state index contributed by atoms with van der Waals surface area (Å²) in [5.74, 6) is 0.411. The SMILES string of the molecule is COc1cc(-c2ccc(C(C)=O)nc2)ccc1N1CC(CO)OC1=O. The van der Waals surface area contributed by atoms with Crippen LogP contribution < -0.4 is 9.64 Å². The molecule has 1 atom stereocenters. The first-order valence-electron chi connectivity index (χ1n) is 7.78. The van der Waals surface area contributed by atoms with E-state index < -0.39 is 12.2 Å². The Morgan fingerprint density at radius 3 is 2.68 bits per heavy atom. The average molecular weight is 342 g/mol. The minimum atomic E-state index is -0.541. The molecule has 0 saturated carbocycles. The van der Waals surface area contributed by atoms with E-state index in [1.54, 1.807) is 24.4 Å². The molecule has 1 fully saturated rings. The number of ketones is 1. The average Bonchev–Trinajstić information content (AvgIpc) is 3.02. The fraction of sp³-hybridized carbons (Fsp3) is 0.278. The molecule has 130 valence electrons.